The van der Waals surface area contributed by atoms with E-state index in [2.05, 4.69) is 10.2 Å². The number of carbonyl (C=O) groups excluding carboxylic acids is 1. The Hall–Kier alpha value is -1.62. The van der Waals surface area contributed by atoms with Crippen molar-refractivity contribution < 1.29 is 9.53 Å². The molecule has 1 N–H and O–H groups in total. The third-order valence-corrected chi connectivity index (χ3v) is 5.07. The molecule has 1 heterocycles. The largest absolute Gasteiger partial charge is 0.479 e. The predicted molar refractivity (Wildman–Crippen MR) is 108 cm³/mol. The topological polar surface area (TPSA) is 41.6 Å². The smallest absolute Gasteiger partial charge is 0.265 e. The van der Waals surface area contributed by atoms with Gasteiger partial charge in [-0.05, 0) is 50.1 Å². The second-order valence-corrected chi connectivity index (χ2v) is 7.41. The maximum Gasteiger partial charge on any atom is 0.265 e. The van der Waals surface area contributed by atoms with Crippen molar-refractivity contribution in [3.63, 3.8) is 0 Å². The normalized spacial score (nSPS) is 15.0. The van der Waals surface area contributed by atoms with Crippen molar-refractivity contribution in [2.75, 3.05) is 23.3 Å². The molecular formula is C19H19Cl3N2O2. The molecule has 0 radical (unpaired) electrons. The van der Waals surface area contributed by atoms with Gasteiger partial charge in [-0.15, -0.1) is 0 Å². The Labute approximate surface area is 168 Å². The zero-order chi connectivity index (χ0) is 18.7. The van der Waals surface area contributed by atoms with Crippen molar-refractivity contribution in [3.05, 3.63) is 51.5 Å². The minimum Gasteiger partial charge on any atom is -0.479 e. The summed E-state index contributed by atoms with van der Waals surface area (Å²) in [6, 6.07) is 10.4. The second kappa shape index (κ2) is 8.38. The van der Waals surface area contributed by atoms with Crippen molar-refractivity contribution in [2.24, 2.45) is 0 Å². The number of halogens is 3. The summed E-state index contributed by atoms with van der Waals surface area (Å²) in [7, 11) is 0. The minimum absolute atomic E-state index is 0.279. The predicted octanol–water partition coefficient (Wildman–Crippen LogP) is 5.65. The molecule has 0 saturated carbocycles. The summed E-state index contributed by atoms with van der Waals surface area (Å²) in [5.41, 5.74) is 1.54. The lowest BCUT2D eigenvalue weighted by atomic mass is 10.2. The van der Waals surface area contributed by atoms with Crippen molar-refractivity contribution in [1.29, 1.82) is 0 Å². The van der Waals surface area contributed by atoms with E-state index in [9.17, 15) is 4.79 Å². The lowest BCUT2D eigenvalue weighted by Crippen LogP contribution is -2.31. The number of benzene rings is 2. The molecule has 0 aliphatic carbocycles. The summed E-state index contributed by atoms with van der Waals surface area (Å²) in [6.45, 7) is 3.53. The van der Waals surface area contributed by atoms with E-state index in [-0.39, 0.29) is 5.91 Å². The third kappa shape index (κ3) is 4.37. The summed E-state index contributed by atoms with van der Waals surface area (Å²) in [5, 5.41) is 4.41. The van der Waals surface area contributed by atoms with Crippen LogP contribution in [0.1, 0.15) is 19.8 Å². The lowest BCUT2D eigenvalue weighted by Gasteiger charge is -2.24. The van der Waals surface area contributed by atoms with Gasteiger partial charge in [0.25, 0.3) is 5.91 Å². The van der Waals surface area contributed by atoms with Gasteiger partial charge in [-0.25, -0.2) is 0 Å². The highest BCUT2D eigenvalue weighted by Gasteiger charge is 2.22. The van der Waals surface area contributed by atoms with E-state index in [1.807, 2.05) is 18.2 Å². The molecule has 1 fully saturated rings. The Morgan fingerprint density at radius 2 is 1.85 bits per heavy atom. The number of ether oxygens (including phenoxy) is 1. The van der Waals surface area contributed by atoms with E-state index in [0.29, 0.717) is 26.5 Å². The molecule has 4 nitrogen and oxygen atoms in total. The zero-order valence-corrected chi connectivity index (χ0v) is 16.5. The number of carbonyl (C=O) groups is 1. The molecule has 138 valence electrons. The van der Waals surface area contributed by atoms with Crippen LogP contribution >= 0.6 is 34.8 Å². The number of rotatable bonds is 5. The highest BCUT2D eigenvalue weighted by atomic mass is 35.5. The van der Waals surface area contributed by atoms with E-state index in [1.54, 1.807) is 25.1 Å². The van der Waals surface area contributed by atoms with Crippen LogP contribution in [0.25, 0.3) is 0 Å². The van der Waals surface area contributed by atoms with E-state index < -0.39 is 6.10 Å². The number of anilines is 2. The number of nitrogens with zero attached hydrogens (tertiary/aromatic N) is 1. The van der Waals surface area contributed by atoms with Gasteiger partial charge in [0.15, 0.2) is 6.10 Å². The zero-order valence-electron chi connectivity index (χ0n) is 14.3. The molecule has 7 heteroatoms. The molecule has 0 unspecified atom stereocenters. The second-order valence-electron chi connectivity index (χ2n) is 6.15. The van der Waals surface area contributed by atoms with Gasteiger partial charge in [0, 0.05) is 18.1 Å². The first kappa shape index (κ1) is 19.2. The Morgan fingerprint density at radius 3 is 2.54 bits per heavy atom. The van der Waals surface area contributed by atoms with Crippen LogP contribution in [0.2, 0.25) is 15.1 Å². The van der Waals surface area contributed by atoms with Crippen LogP contribution in [0.3, 0.4) is 0 Å². The van der Waals surface area contributed by atoms with Gasteiger partial charge in [-0.2, -0.15) is 0 Å². The van der Waals surface area contributed by atoms with Gasteiger partial charge in [0.2, 0.25) is 0 Å². The first-order chi connectivity index (χ1) is 12.5. The molecule has 3 rings (SSSR count). The van der Waals surface area contributed by atoms with Crippen molar-refractivity contribution in [3.8, 4) is 5.75 Å². The fourth-order valence-electron chi connectivity index (χ4n) is 2.93. The minimum atomic E-state index is -0.737. The van der Waals surface area contributed by atoms with Gasteiger partial charge in [0.05, 0.1) is 21.4 Å². The van der Waals surface area contributed by atoms with Crippen molar-refractivity contribution in [2.45, 2.75) is 25.9 Å². The van der Waals surface area contributed by atoms with Crippen molar-refractivity contribution >= 4 is 52.1 Å². The molecule has 1 aliphatic heterocycles. The highest BCUT2D eigenvalue weighted by Crippen LogP contribution is 2.36. The van der Waals surface area contributed by atoms with Gasteiger partial charge in [-0.1, -0.05) is 40.9 Å². The Bertz CT molecular complexity index is 807. The lowest BCUT2D eigenvalue weighted by molar-refractivity contribution is -0.122. The quantitative estimate of drug-likeness (QED) is 0.688. The summed E-state index contributed by atoms with van der Waals surface area (Å²) in [5.74, 6) is 0.128. The van der Waals surface area contributed by atoms with Crippen LogP contribution in [0.5, 0.6) is 5.75 Å². The molecule has 1 amide bonds. The average Bonchev–Trinajstić information content (AvgIpc) is 3.11. The van der Waals surface area contributed by atoms with Gasteiger partial charge in [-0.3, -0.25) is 4.79 Å². The fourth-order valence-corrected chi connectivity index (χ4v) is 3.67. The molecule has 1 atom stereocenters. The van der Waals surface area contributed by atoms with E-state index in [0.717, 1.165) is 31.6 Å². The molecule has 2 aromatic carbocycles. The highest BCUT2D eigenvalue weighted by molar-refractivity contribution is 6.35. The summed E-state index contributed by atoms with van der Waals surface area (Å²) < 4.78 is 5.68. The number of hydrogen-bond donors (Lipinski definition) is 1. The molecule has 1 aliphatic rings. The number of amides is 1. The SMILES string of the molecule is C[C@H](Oc1ccc(Cl)cc1Cl)C(=O)Nc1cccc(Cl)c1N1CCCC1. The van der Waals surface area contributed by atoms with E-state index >= 15 is 0 Å². The third-order valence-electron chi connectivity index (χ3n) is 4.23. The van der Waals surface area contributed by atoms with Crippen LogP contribution < -0.4 is 15.0 Å². The molecular weight excluding hydrogens is 395 g/mol. The standard InChI is InChI=1S/C19H19Cl3N2O2/c1-12(26-17-8-7-13(20)11-15(17)22)19(25)23-16-6-4-5-14(21)18(16)24-9-2-3-10-24/h4-8,11-12H,2-3,9-10H2,1H3,(H,23,25)/t12-/m0/s1. The number of para-hydroxylation sites is 1. The van der Waals surface area contributed by atoms with Crippen LogP contribution in [0, 0.1) is 0 Å². The molecule has 1 saturated heterocycles. The van der Waals surface area contributed by atoms with Gasteiger partial charge in [0.1, 0.15) is 5.75 Å². The molecule has 0 aromatic heterocycles. The van der Waals surface area contributed by atoms with Crippen LogP contribution in [-0.2, 0) is 4.79 Å². The fraction of sp³-hybridized carbons (Fsp3) is 0.316. The Kier molecular flexibility index (Phi) is 6.17. The van der Waals surface area contributed by atoms with Crippen LogP contribution in [0.15, 0.2) is 36.4 Å². The molecule has 0 spiro atoms. The van der Waals surface area contributed by atoms with Gasteiger partial charge < -0.3 is 15.0 Å². The number of hydrogen-bond acceptors (Lipinski definition) is 3. The van der Waals surface area contributed by atoms with E-state index in [4.69, 9.17) is 39.5 Å². The molecule has 2 aromatic rings. The Balaban J connectivity index is 1.74. The maximum absolute atomic E-state index is 12.6. The van der Waals surface area contributed by atoms with Crippen molar-refractivity contribution in [1.82, 2.24) is 0 Å². The average molecular weight is 414 g/mol. The summed E-state index contributed by atoms with van der Waals surface area (Å²) in [4.78, 5) is 14.8. The van der Waals surface area contributed by atoms with Crippen LogP contribution in [-0.4, -0.2) is 25.1 Å². The maximum atomic E-state index is 12.6. The monoisotopic (exact) mass is 412 g/mol. The molecule has 0 bridgehead atoms. The van der Waals surface area contributed by atoms with Crippen LogP contribution in [0.4, 0.5) is 11.4 Å². The summed E-state index contributed by atoms with van der Waals surface area (Å²) >= 11 is 18.4. The van der Waals surface area contributed by atoms with E-state index in [1.165, 1.54) is 0 Å². The summed E-state index contributed by atoms with van der Waals surface area (Å²) in [6.07, 6.45) is 1.50. The Morgan fingerprint density at radius 1 is 1.12 bits per heavy atom. The first-order valence-corrected chi connectivity index (χ1v) is 9.55. The first-order valence-electron chi connectivity index (χ1n) is 8.42. The van der Waals surface area contributed by atoms with Gasteiger partial charge >= 0.3 is 0 Å². The molecule has 26 heavy (non-hydrogen) atoms. The number of nitrogens with one attached hydrogen (secondary N) is 1.